The summed E-state index contributed by atoms with van der Waals surface area (Å²) in [4.78, 5) is 25.5. The number of nitrogens with two attached hydrogens (primary N) is 1. The molecule has 0 spiro atoms. The number of aryl methyl sites for hydroxylation is 2. The molecule has 156 valence electrons. The Morgan fingerprint density at radius 1 is 1.24 bits per heavy atom. The number of carbonyl (C=O) groups is 2. The van der Waals surface area contributed by atoms with Crippen molar-refractivity contribution in [1.29, 1.82) is 0 Å². The molecule has 5 nitrogen and oxygen atoms in total. The first kappa shape index (κ1) is 21.4. The van der Waals surface area contributed by atoms with Gasteiger partial charge >= 0.3 is 0 Å². The molecule has 1 aromatic heterocycles. The molecule has 0 unspecified atom stereocenters. The van der Waals surface area contributed by atoms with E-state index in [2.05, 4.69) is 32.2 Å². The average molecular weight is 415 g/mol. The minimum absolute atomic E-state index is 0.110. The van der Waals surface area contributed by atoms with Crippen LogP contribution in [0.3, 0.4) is 0 Å². The fourth-order valence-electron chi connectivity index (χ4n) is 3.91. The van der Waals surface area contributed by atoms with Crippen molar-refractivity contribution in [3.05, 3.63) is 45.3 Å². The Kier molecular flexibility index (Phi) is 6.96. The molecule has 3 N–H and O–H groups in total. The predicted molar refractivity (Wildman–Crippen MR) is 118 cm³/mol. The molecular formula is C23H30N2O3S. The number of rotatable bonds is 8. The maximum atomic E-state index is 12.4. The molecule has 3 rings (SSSR count). The van der Waals surface area contributed by atoms with E-state index >= 15 is 0 Å². The summed E-state index contributed by atoms with van der Waals surface area (Å²) in [6.07, 6.45) is 4.94. The SMILES string of the molecule is Cc1cc(OCCCC(=O)Nc2sc3c(c2C(N)=O)CCCC3)ccc1C(C)C. The zero-order valence-corrected chi connectivity index (χ0v) is 18.3. The number of anilines is 1. The molecule has 1 aliphatic carbocycles. The maximum absolute atomic E-state index is 12.4. The Labute approximate surface area is 176 Å². The molecule has 2 aromatic rings. The molecule has 2 amide bonds. The number of carbonyl (C=O) groups excluding carboxylic acids is 2. The van der Waals surface area contributed by atoms with Crippen molar-refractivity contribution in [3.8, 4) is 5.75 Å². The number of hydrogen-bond acceptors (Lipinski definition) is 4. The first-order valence-electron chi connectivity index (χ1n) is 10.3. The first-order valence-corrected chi connectivity index (χ1v) is 11.2. The van der Waals surface area contributed by atoms with Gasteiger partial charge in [0.1, 0.15) is 10.8 Å². The summed E-state index contributed by atoms with van der Waals surface area (Å²) in [5, 5.41) is 3.51. The van der Waals surface area contributed by atoms with Crippen LogP contribution in [0.2, 0.25) is 0 Å². The molecular weight excluding hydrogens is 384 g/mol. The van der Waals surface area contributed by atoms with Crippen LogP contribution in [0.5, 0.6) is 5.75 Å². The Bertz CT molecular complexity index is 902. The van der Waals surface area contributed by atoms with Crippen molar-refractivity contribution in [3.63, 3.8) is 0 Å². The van der Waals surface area contributed by atoms with Crippen molar-refractivity contribution in [1.82, 2.24) is 0 Å². The van der Waals surface area contributed by atoms with E-state index < -0.39 is 5.91 Å². The second-order valence-electron chi connectivity index (χ2n) is 7.95. The van der Waals surface area contributed by atoms with Crippen LogP contribution in [0, 0.1) is 6.92 Å². The average Bonchev–Trinajstić information content (AvgIpc) is 3.02. The molecule has 0 saturated heterocycles. The second kappa shape index (κ2) is 9.44. The number of primary amides is 1. The molecule has 0 fully saturated rings. The van der Waals surface area contributed by atoms with Gasteiger partial charge in [-0.1, -0.05) is 19.9 Å². The van der Waals surface area contributed by atoms with Crippen LogP contribution in [0.4, 0.5) is 5.00 Å². The molecule has 1 heterocycles. The van der Waals surface area contributed by atoms with E-state index in [0.29, 0.717) is 35.9 Å². The number of benzene rings is 1. The van der Waals surface area contributed by atoms with Gasteiger partial charge in [-0.2, -0.15) is 0 Å². The number of hydrogen-bond donors (Lipinski definition) is 2. The summed E-state index contributed by atoms with van der Waals surface area (Å²) in [7, 11) is 0. The van der Waals surface area contributed by atoms with Crippen molar-refractivity contribution in [2.24, 2.45) is 5.73 Å². The van der Waals surface area contributed by atoms with E-state index in [1.807, 2.05) is 12.1 Å². The molecule has 6 heteroatoms. The van der Waals surface area contributed by atoms with Gasteiger partial charge in [0.2, 0.25) is 5.91 Å². The summed E-state index contributed by atoms with van der Waals surface area (Å²) in [6, 6.07) is 6.13. The van der Waals surface area contributed by atoms with Crippen LogP contribution in [-0.2, 0) is 17.6 Å². The molecule has 1 aliphatic rings. The minimum atomic E-state index is -0.455. The third-order valence-electron chi connectivity index (χ3n) is 5.35. The summed E-state index contributed by atoms with van der Waals surface area (Å²) in [6.45, 7) is 6.91. The van der Waals surface area contributed by atoms with E-state index in [-0.39, 0.29) is 5.91 Å². The van der Waals surface area contributed by atoms with E-state index in [0.717, 1.165) is 37.0 Å². The standard InChI is InChI=1S/C23H30N2O3S/c1-14(2)17-11-10-16(13-15(17)3)28-12-6-9-20(26)25-23-21(22(24)27)18-7-4-5-8-19(18)29-23/h10-11,13-14H,4-9,12H2,1-3H3,(H2,24,27)(H,25,26). The van der Waals surface area contributed by atoms with Gasteiger partial charge < -0.3 is 15.8 Å². The molecule has 1 aromatic carbocycles. The summed E-state index contributed by atoms with van der Waals surface area (Å²) in [5.41, 5.74) is 9.67. The van der Waals surface area contributed by atoms with Crippen LogP contribution < -0.4 is 15.8 Å². The highest BCUT2D eigenvalue weighted by Gasteiger charge is 2.24. The molecule has 0 aliphatic heterocycles. The second-order valence-corrected chi connectivity index (χ2v) is 9.06. The molecule has 29 heavy (non-hydrogen) atoms. The van der Waals surface area contributed by atoms with Crippen LogP contribution in [0.1, 0.15) is 77.4 Å². The topological polar surface area (TPSA) is 81.4 Å². The van der Waals surface area contributed by atoms with Crippen molar-refractivity contribution in [2.75, 3.05) is 11.9 Å². The highest BCUT2D eigenvalue weighted by atomic mass is 32.1. The van der Waals surface area contributed by atoms with Crippen molar-refractivity contribution >= 4 is 28.2 Å². The van der Waals surface area contributed by atoms with Gasteiger partial charge in [0, 0.05) is 11.3 Å². The number of ether oxygens (including phenoxy) is 1. The third kappa shape index (κ3) is 5.18. The number of amides is 2. The Balaban J connectivity index is 1.51. The van der Waals surface area contributed by atoms with Crippen LogP contribution >= 0.6 is 11.3 Å². The normalized spacial score (nSPS) is 13.2. The summed E-state index contributed by atoms with van der Waals surface area (Å²) < 4.78 is 5.80. The zero-order valence-electron chi connectivity index (χ0n) is 17.5. The largest absolute Gasteiger partial charge is 0.494 e. The van der Waals surface area contributed by atoms with Crippen LogP contribution in [-0.4, -0.2) is 18.4 Å². The highest BCUT2D eigenvalue weighted by molar-refractivity contribution is 7.17. The lowest BCUT2D eigenvalue weighted by atomic mass is 9.95. The van der Waals surface area contributed by atoms with Gasteiger partial charge in [0.05, 0.1) is 12.2 Å². The monoisotopic (exact) mass is 414 g/mol. The number of fused-ring (bicyclic) bond motifs is 1. The van der Waals surface area contributed by atoms with Crippen molar-refractivity contribution in [2.45, 2.75) is 65.2 Å². The van der Waals surface area contributed by atoms with E-state index in [9.17, 15) is 9.59 Å². The van der Waals surface area contributed by atoms with Crippen LogP contribution in [0.15, 0.2) is 18.2 Å². The molecule has 0 atom stereocenters. The lowest BCUT2D eigenvalue weighted by Crippen LogP contribution is -2.18. The lowest BCUT2D eigenvalue weighted by molar-refractivity contribution is -0.116. The first-order chi connectivity index (χ1) is 13.9. The van der Waals surface area contributed by atoms with Crippen LogP contribution in [0.25, 0.3) is 0 Å². The van der Waals surface area contributed by atoms with Gasteiger partial charge in [-0.15, -0.1) is 11.3 Å². The van der Waals surface area contributed by atoms with Gasteiger partial charge in [-0.05, 0) is 73.8 Å². The predicted octanol–water partition coefficient (Wildman–Crippen LogP) is 4.96. The smallest absolute Gasteiger partial charge is 0.251 e. The van der Waals surface area contributed by atoms with Gasteiger partial charge in [0.25, 0.3) is 5.91 Å². The van der Waals surface area contributed by atoms with Gasteiger partial charge in [-0.3, -0.25) is 9.59 Å². The maximum Gasteiger partial charge on any atom is 0.251 e. The molecule has 0 radical (unpaired) electrons. The van der Waals surface area contributed by atoms with Gasteiger partial charge in [0.15, 0.2) is 0 Å². The highest BCUT2D eigenvalue weighted by Crippen LogP contribution is 2.38. The Morgan fingerprint density at radius 3 is 2.69 bits per heavy atom. The zero-order chi connectivity index (χ0) is 21.0. The number of thiophene rings is 1. The van der Waals surface area contributed by atoms with Crippen molar-refractivity contribution < 1.29 is 14.3 Å². The quantitative estimate of drug-likeness (QED) is 0.599. The number of nitrogens with one attached hydrogen (secondary N) is 1. The summed E-state index contributed by atoms with van der Waals surface area (Å²) in [5.74, 6) is 0.750. The minimum Gasteiger partial charge on any atom is -0.494 e. The van der Waals surface area contributed by atoms with E-state index in [1.165, 1.54) is 27.3 Å². The Morgan fingerprint density at radius 2 is 2.00 bits per heavy atom. The third-order valence-corrected chi connectivity index (χ3v) is 6.56. The summed E-state index contributed by atoms with van der Waals surface area (Å²) >= 11 is 1.50. The lowest BCUT2D eigenvalue weighted by Gasteiger charge is -2.12. The molecule has 0 bridgehead atoms. The fourth-order valence-corrected chi connectivity index (χ4v) is 5.22. The van der Waals surface area contributed by atoms with E-state index in [1.54, 1.807) is 0 Å². The fraction of sp³-hybridized carbons (Fsp3) is 0.478. The Hall–Kier alpha value is -2.34. The van der Waals surface area contributed by atoms with E-state index in [4.69, 9.17) is 10.5 Å². The van der Waals surface area contributed by atoms with Gasteiger partial charge in [-0.25, -0.2) is 0 Å². The molecule has 0 saturated carbocycles.